The van der Waals surface area contributed by atoms with Crippen LogP contribution in [0.4, 0.5) is 0 Å². The van der Waals surface area contributed by atoms with Crippen LogP contribution in [0.25, 0.3) is 0 Å². The number of ketones is 1. The van der Waals surface area contributed by atoms with Crippen molar-refractivity contribution in [2.24, 2.45) is 52.3 Å². The van der Waals surface area contributed by atoms with Gasteiger partial charge in [-0.25, -0.2) is 0 Å². The summed E-state index contributed by atoms with van der Waals surface area (Å²) in [5, 5.41) is 153. The molecule has 83 heavy (non-hydrogen) atoms. The van der Waals surface area contributed by atoms with E-state index in [4.69, 9.17) is 56.8 Å². The van der Waals surface area contributed by atoms with Crippen molar-refractivity contribution in [3.05, 3.63) is 0 Å². The van der Waals surface area contributed by atoms with Crippen LogP contribution in [-0.4, -0.2) is 276 Å². The minimum absolute atomic E-state index is 0.0569. The molecule has 0 radical (unpaired) electrons. The van der Waals surface area contributed by atoms with Gasteiger partial charge in [-0.3, -0.25) is 4.79 Å². The molecule has 36 atom stereocenters. The number of fused-ring (bicyclic) bond motifs is 7. The zero-order valence-corrected chi connectivity index (χ0v) is 47.5. The standard InChI is InChI=1S/C56H90O27/c1-20-8-11-56(73-18-20)21(2)34-29(83-56)13-27-25-7-6-23-12-24(9-10-54(23,4)26(25)14-33(61)55(27,34)5)75-52-47(81-50-42(69)39(66)35(62)22(3)74-50)44(71)45(32(17-59)78-52)79-53-48(82-49-41(68)36(63)28(60)19-72-49)46(38(65)31(16-58)77-53)80-51-43(70)40(67)37(64)30(15-57)76-51/h20-32,34-53,57-60,62-71H,6-19H2,1-5H3/t20-,21-,22-,23-,24-,25+,26-,27-,28+,29-,30+,31+,32+,34-,35-,36-,37+,38+,39+,40-,41+,42+,43+,44-,45-,46-,47+,48+,49-,50-,51-,52+,53-,54-,55+,56+/m0/s1. The van der Waals surface area contributed by atoms with Gasteiger partial charge in [0.05, 0.1) is 51.3 Å². The molecular weight excluding hydrogens is 1100 g/mol. The first-order chi connectivity index (χ1) is 39.4. The van der Waals surface area contributed by atoms with Crippen LogP contribution in [0.15, 0.2) is 0 Å². The number of hydrogen-bond donors (Lipinski definition) is 14. The minimum Gasteiger partial charge on any atom is -0.394 e. The highest BCUT2D eigenvalue weighted by Gasteiger charge is 2.72. The molecule has 11 rings (SSSR count). The number of carbonyl (C=O) groups excluding carboxylic acids is 1. The lowest BCUT2D eigenvalue weighted by Gasteiger charge is -2.61. The van der Waals surface area contributed by atoms with Gasteiger partial charge in [0.15, 0.2) is 37.2 Å². The predicted molar refractivity (Wildman–Crippen MR) is 274 cm³/mol. The molecule has 0 aromatic rings. The predicted octanol–water partition coefficient (Wildman–Crippen LogP) is -4.24. The molecule has 0 unspecified atom stereocenters. The van der Waals surface area contributed by atoms with E-state index in [0.29, 0.717) is 49.9 Å². The lowest BCUT2D eigenvalue weighted by molar-refractivity contribution is -0.410. The van der Waals surface area contributed by atoms with Crippen LogP contribution in [0.3, 0.4) is 0 Å². The van der Waals surface area contributed by atoms with Gasteiger partial charge in [0.2, 0.25) is 0 Å². The maximum Gasteiger partial charge on any atom is 0.187 e. The summed E-state index contributed by atoms with van der Waals surface area (Å²) in [6.45, 7) is 7.66. The number of aliphatic hydroxyl groups excluding tert-OH is 14. The average Bonchev–Trinajstić information content (AvgIpc) is 1.62. The molecule has 476 valence electrons. The van der Waals surface area contributed by atoms with Gasteiger partial charge in [-0.05, 0) is 86.9 Å². The van der Waals surface area contributed by atoms with Gasteiger partial charge in [0, 0.05) is 30.1 Å². The van der Waals surface area contributed by atoms with Crippen LogP contribution in [0.5, 0.6) is 0 Å². The highest BCUT2D eigenvalue weighted by Crippen LogP contribution is 2.70. The summed E-state index contributed by atoms with van der Waals surface area (Å²) in [5.74, 6) is 0.915. The van der Waals surface area contributed by atoms with Crippen molar-refractivity contribution in [3.8, 4) is 0 Å². The summed E-state index contributed by atoms with van der Waals surface area (Å²) in [7, 11) is 0. The highest BCUT2D eigenvalue weighted by molar-refractivity contribution is 5.87. The molecule has 7 heterocycles. The maximum absolute atomic E-state index is 14.9. The van der Waals surface area contributed by atoms with Gasteiger partial charge >= 0.3 is 0 Å². The third-order valence-electron chi connectivity index (χ3n) is 21.9. The minimum atomic E-state index is -2.05. The number of ether oxygens (including phenoxy) is 12. The van der Waals surface area contributed by atoms with E-state index in [1.165, 1.54) is 6.92 Å². The van der Waals surface area contributed by atoms with E-state index >= 15 is 0 Å². The van der Waals surface area contributed by atoms with Gasteiger partial charge in [0.1, 0.15) is 116 Å². The van der Waals surface area contributed by atoms with Crippen LogP contribution in [-0.2, 0) is 61.6 Å². The summed E-state index contributed by atoms with van der Waals surface area (Å²) >= 11 is 0. The summed E-state index contributed by atoms with van der Waals surface area (Å²) in [5.41, 5.74) is -0.774. The van der Waals surface area contributed by atoms with Crippen molar-refractivity contribution >= 4 is 5.78 Å². The van der Waals surface area contributed by atoms with E-state index in [1.807, 2.05) is 0 Å². The van der Waals surface area contributed by atoms with Crippen molar-refractivity contribution in [3.63, 3.8) is 0 Å². The Balaban J connectivity index is 0.842. The first-order valence-electron chi connectivity index (χ1n) is 30.1. The largest absolute Gasteiger partial charge is 0.394 e. The highest BCUT2D eigenvalue weighted by atomic mass is 16.8. The van der Waals surface area contributed by atoms with E-state index in [-0.39, 0.29) is 41.1 Å². The topological polar surface area (TPSA) is 411 Å². The van der Waals surface area contributed by atoms with Crippen LogP contribution in [0.2, 0.25) is 0 Å². The quantitative estimate of drug-likeness (QED) is 0.0777. The number of carbonyl (C=O) groups is 1. The molecule has 0 amide bonds. The SMILES string of the molecule is C[C@H]1CC[C@@]2(OC1)O[C@H]1C[C@H]3[C@@H]4CC[C@H]5C[C@@H](O[C@@H]6O[C@H](CO)[C@H](O[C@@H]7O[C@H](CO)[C@@H](O)[C@H](O[C@@H]8O[C@H](CO)[C@@H](O)[C@H](O)[C@H]8O)[C@H]7O[C@@H]7OC[C@@H](O)[C@H](O)[C@H]7O)[C@H](O)[C@H]6O[C@@H]6O[C@@H](C)[C@H](O)[C@@H](O)[C@H]6O)CC[C@]5(C)[C@H]4CC(=O)[C@]3(C)[C@H]1[C@@H]2C. The Labute approximate surface area is 480 Å². The van der Waals surface area contributed by atoms with Crippen LogP contribution in [0.1, 0.15) is 92.4 Å². The number of Topliss-reactive ketones (excluding diaryl/α,β-unsaturated/α-hetero) is 1. The van der Waals surface area contributed by atoms with Crippen molar-refractivity contribution in [1.82, 2.24) is 0 Å². The van der Waals surface area contributed by atoms with E-state index in [9.17, 15) is 76.3 Å². The van der Waals surface area contributed by atoms with Crippen molar-refractivity contribution in [2.75, 3.05) is 33.0 Å². The van der Waals surface area contributed by atoms with Crippen molar-refractivity contribution in [1.29, 1.82) is 0 Å². The van der Waals surface area contributed by atoms with E-state index in [1.54, 1.807) is 0 Å². The Morgan fingerprint density at radius 3 is 1.82 bits per heavy atom. The molecule has 0 aromatic carbocycles. The third-order valence-corrected chi connectivity index (χ3v) is 21.9. The van der Waals surface area contributed by atoms with Crippen molar-refractivity contribution < 1.29 is 133 Å². The fourth-order valence-electron chi connectivity index (χ4n) is 17.0. The van der Waals surface area contributed by atoms with Gasteiger partial charge in [-0.1, -0.05) is 27.7 Å². The molecule has 1 spiro atoms. The second-order valence-corrected chi connectivity index (χ2v) is 26.5. The summed E-state index contributed by atoms with van der Waals surface area (Å²) in [4.78, 5) is 14.9. The summed E-state index contributed by atoms with van der Waals surface area (Å²) < 4.78 is 74.6. The molecule has 27 nitrogen and oxygen atoms in total. The van der Waals surface area contributed by atoms with Gasteiger partial charge in [0.25, 0.3) is 0 Å². The lowest BCUT2D eigenvalue weighted by atomic mass is 9.44. The maximum atomic E-state index is 14.9. The Morgan fingerprint density at radius 1 is 0.530 bits per heavy atom. The second kappa shape index (κ2) is 24.4. The van der Waals surface area contributed by atoms with Gasteiger partial charge in [-0.2, -0.15) is 0 Å². The molecule has 7 aliphatic heterocycles. The fourth-order valence-corrected chi connectivity index (χ4v) is 17.0. The van der Waals surface area contributed by atoms with Crippen molar-refractivity contribution in [2.45, 2.75) is 258 Å². The zero-order valence-electron chi connectivity index (χ0n) is 47.5. The average molecular weight is 1200 g/mol. The summed E-state index contributed by atoms with van der Waals surface area (Å²) in [6.07, 6.45) is -36.8. The molecule has 0 bridgehead atoms. The number of aliphatic hydroxyl groups is 14. The normalized spacial score (nSPS) is 57.4. The van der Waals surface area contributed by atoms with Crippen LogP contribution in [0, 0.1) is 52.3 Å². The third kappa shape index (κ3) is 10.9. The molecule has 7 saturated heterocycles. The lowest BCUT2D eigenvalue weighted by Crippen LogP contribution is -2.69. The van der Waals surface area contributed by atoms with Gasteiger partial charge in [-0.15, -0.1) is 0 Å². The Bertz CT molecular complexity index is 2210. The molecule has 4 saturated carbocycles. The second-order valence-electron chi connectivity index (χ2n) is 26.5. The molecule has 4 aliphatic carbocycles. The molecule has 27 heteroatoms. The monoisotopic (exact) mass is 1190 g/mol. The summed E-state index contributed by atoms with van der Waals surface area (Å²) in [6, 6.07) is 0. The first kappa shape index (κ1) is 63.2. The van der Waals surface area contributed by atoms with E-state index < -0.39 is 191 Å². The molecule has 14 N–H and O–H groups in total. The van der Waals surface area contributed by atoms with Crippen LogP contribution >= 0.6 is 0 Å². The first-order valence-corrected chi connectivity index (χ1v) is 30.1. The molecule has 11 fully saturated rings. The Morgan fingerprint density at radius 2 is 1.13 bits per heavy atom. The molecule has 0 aromatic heterocycles. The zero-order chi connectivity index (χ0) is 59.5. The molecule has 11 aliphatic rings. The van der Waals surface area contributed by atoms with E-state index in [0.717, 1.165) is 32.1 Å². The van der Waals surface area contributed by atoms with Crippen LogP contribution < -0.4 is 0 Å². The van der Waals surface area contributed by atoms with Gasteiger partial charge < -0.3 is 128 Å². The Kier molecular flexibility index (Phi) is 18.6. The fraction of sp³-hybridized carbons (Fsp3) is 0.982. The number of hydrogen-bond acceptors (Lipinski definition) is 27. The Hall–Kier alpha value is -1.37. The number of rotatable bonds is 13. The smallest absolute Gasteiger partial charge is 0.187 e. The van der Waals surface area contributed by atoms with E-state index in [2.05, 4.69) is 27.7 Å². The molecular formula is C56H90O27.